The molecule has 0 bridgehead atoms. The summed E-state index contributed by atoms with van der Waals surface area (Å²) in [6.45, 7) is 10.4. The van der Waals surface area contributed by atoms with E-state index in [1.54, 1.807) is 0 Å². The third kappa shape index (κ3) is 3.44. The van der Waals surface area contributed by atoms with Crippen LogP contribution in [0.3, 0.4) is 0 Å². The van der Waals surface area contributed by atoms with E-state index in [1.165, 1.54) is 0 Å². The van der Waals surface area contributed by atoms with Crippen LogP contribution in [0.2, 0.25) is 0 Å². The van der Waals surface area contributed by atoms with Crippen LogP contribution in [0.15, 0.2) is 6.07 Å². The number of aryl methyl sites for hydroxylation is 1. The van der Waals surface area contributed by atoms with Crippen molar-refractivity contribution < 1.29 is 0 Å². The van der Waals surface area contributed by atoms with Gasteiger partial charge in [-0.15, -0.1) is 0 Å². The summed E-state index contributed by atoms with van der Waals surface area (Å²) in [5.74, 6) is 2.35. The predicted molar refractivity (Wildman–Crippen MR) is 72.5 cm³/mol. The molecule has 0 unspecified atom stereocenters. The number of hydrogen-bond acceptors (Lipinski definition) is 3. The fourth-order valence-corrected chi connectivity index (χ4v) is 1.96. The highest BCUT2D eigenvalue weighted by molar-refractivity contribution is 9.09. The SMILES string of the molecule is CCN(CCBr)c1cc(C)nc(C(C)C)n1. The molecule has 0 saturated carbocycles. The molecule has 0 saturated heterocycles. The molecule has 4 heteroatoms. The van der Waals surface area contributed by atoms with E-state index in [0.717, 1.165) is 35.8 Å². The molecular formula is C12H20BrN3. The summed E-state index contributed by atoms with van der Waals surface area (Å²) in [6.07, 6.45) is 0. The van der Waals surface area contributed by atoms with Crippen LogP contribution in [-0.2, 0) is 0 Å². The summed E-state index contributed by atoms with van der Waals surface area (Å²) in [4.78, 5) is 11.3. The van der Waals surface area contributed by atoms with Gasteiger partial charge in [-0.1, -0.05) is 29.8 Å². The molecular weight excluding hydrogens is 266 g/mol. The number of aromatic nitrogens is 2. The van der Waals surface area contributed by atoms with E-state index in [4.69, 9.17) is 0 Å². The van der Waals surface area contributed by atoms with Crippen LogP contribution in [0.1, 0.15) is 38.2 Å². The van der Waals surface area contributed by atoms with E-state index in [9.17, 15) is 0 Å². The summed E-state index contributed by atoms with van der Waals surface area (Å²) >= 11 is 3.47. The quantitative estimate of drug-likeness (QED) is 0.779. The zero-order valence-corrected chi connectivity index (χ0v) is 12.1. The Labute approximate surface area is 106 Å². The van der Waals surface area contributed by atoms with Crippen molar-refractivity contribution in [2.75, 3.05) is 23.3 Å². The highest BCUT2D eigenvalue weighted by Crippen LogP contribution is 2.17. The molecule has 0 N–H and O–H groups in total. The Kier molecular flexibility index (Phi) is 5.19. The van der Waals surface area contributed by atoms with E-state index in [-0.39, 0.29) is 0 Å². The number of alkyl halides is 1. The van der Waals surface area contributed by atoms with Crippen molar-refractivity contribution in [3.05, 3.63) is 17.6 Å². The lowest BCUT2D eigenvalue weighted by Crippen LogP contribution is -2.26. The van der Waals surface area contributed by atoms with Crippen LogP contribution >= 0.6 is 15.9 Å². The van der Waals surface area contributed by atoms with E-state index in [0.29, 0.717) is 5.92 Å². The van der Waals surface area contributed by atoms with Crippen molar-refractivity contribution >= 4 is 21.7 Å². The largest absolute Gasteiger partial charge is 0.356 e. The molecule has 1 heterocycles. The number of anilines is 1. The molecule has 0 spiro atoms. The molecule has 0 fully saturated rings. The maximum atomic E-state index is 4.62. The normalized spacial score (nSPS) is 10.9. The van der Waals surface area contributed by atoms with Crippen LogP contribution in [0.4, 0.5) is 5.82 Å². The minimum absolute atomic E-state index is 0.376. The van der Waals surface area contributed by atoms with Crippen molar-refractivity contribution in [3.63, 3.8) is 0 Å². The standard InChI is InChI=1S/C12H20BrN3/c1-5-16(7-6-13)11-8-10(4)14-12(15-11)9(2)3/h8-9H,5-7H2,1-4H3. The van der Waals surface area contributed by atoms with Crippen molar-refractivity contribution in [1.29, 1.82) is 0 Å². The molecule has 0 atom stereocenters. The summed E-state index contributed by atoms with van der Waals surface area (Å²) in [5.41, 5.74) is 1.04. The van der Waals surface area contributed by atoms with Gasteiger partial charge in [0.05, 0.1) is 0 Å². The van der Waals surface area contributed by atoms with Gasteiger partial charge in [0.1, 0.15) is 11.6 Å². The first-order valence-electron chi connectivity index (χ1n) is 5.75. The average molecular weight is 286 g/mol. The van der Waals surface area contributed by atoms with Crippen LogP contribution in [0.5, 0.6) is 0 Å². The smallest absolute Gasteiger partial charge is 0.133 e. The number of hydrogen-bond donors (Lipinski definition) is 0. The molecule has 0 aliphatic rings. The molecule has 0 aromatic carbocycles. The molecule has 90 valence electrons. The van der Waals surface area contributed by atoms with Gasteiger partial charge in [0, 0.05) is 36.1 Å². The molecule has 0 aliphatic carbocycles. The van der Waals surface area contributed by atoms with Crippen molar-refractivity contribution in [3.8, 4) is 0 Å². The Hall–Kier alpha value is -0.640. The zero-order chi connectivity index (χ0) is 12.1. The fourth-order valence-electron chi connectivity index (χ4n) is 1.53. The van der Waals surface area contributed by atoms with Crippen LogP contribution < -0.4 is 4.90 Å². The summed E-state index contributed by atoms with van der Waals surface area (Å²) < 4.78 is 0. The van der Waals surface area contributed by atoms with E-state index in [2.05, 4.69) is 57.6 Å². The minimum atomic E-state index is 0.376. The van der Waals surface area contributed by atoms with Crippen LogP contribution in [0, 0.1) is 6.92 Å². The third-order valence-corrected chi connectivity index (χ3v) is 2.79. The van der Waals surface area contributed by atoms with Crippen molar-refractivity contribution in [2.24, 2.45) is 0 Å². The Morgan fingerprint density at radius 2 is 2.06 bits per heavy atom. The Balaban J connectivity index is 3.02. The van der Waals surface area contributed by atoms with E-state index in [1.807, 2.05) is 6.92 Å². The zero-order valence-electron chi connectivity index (χ0n) is 10.5. The highest BCUT2D eigenvalue weighted by Gasteiger charge is 2.10. The Morgan fingerprint density at radius 3 is 2.56 bits per heavy atom. The average Bonchev–Trinajstić information content (AvgIpc) is 2.24. The minimum Gasteiger partial charge on any atom is -0.356 e. The molecule has 16 heavy (non-hydrogen) atoms. The predicted octanol–water partition coefficient (Wildman–Crippen LogP) is 3.13. The van der Waals surface area contributed by atoms with Gasteiger partial charge in [-0.25, -0.2) is 9.97 Å². The number of rotatable bonds is 5. The fraction of sp³-hybridized carbons (Fsp3) is 0.667. The van der Waals surface area contributed by atoms with Gasteiger partial charge in [-0.05, 0) is 13.8 Å². The van der Waals surface area contributed by atoms with Gasteiger partial charge in [0.15, 0.2) is 0 Å². The second kappa shape index (κ2) is 6.18. The molecule has 1 rings (SSSR count). The van der Waals surface area contributed by atoms with Gasteiger partial charge < -0.3 is 4.90 Å². The number of nitrogens with zero attached hydrogens (tertiary/aromatic N) is 3. The second-order valence-corrected chi connectivity index (χ2v) is 4.94. The van der Waals surface area contributed by atoms with Gasteiger partial charge in [-0.3, -0.25) is 0 Å². The lowest BCUT2D eigenvalue weighted by Gasteiger charge is -2.22. The lowest BCUT2D eigenvalue weighted by molar-refractivity contribution is 0.749. The maximum Gasteiger partial charge on any atom is 0.133 e. The Morgan fingerprint density at radius 1 is 1.38 bits per heavy atom. The summed E-state index contributed by atoms with van der Waals surface area (Å²) in [5, 5.41) is 0.959. The van der Waals surface area contributed by atoms with Crippen LogP contribution in [0.25, 0.3) is 0 Å². The van der Waals surface area contributed by atoms with Crippen LogP contribution in [-0.4, -0.2) is 28.4 Å². The molecule has 0 amide bonds. The van der Waals surface area contributed by atoms with Crippen molar-refractivity contribution in [1.82, 2.24) is 9.97 Å². The van der Waals surface area contributed by atoms with Gasteiger partial charge in [0.2, 0.25) is 0 Å². The van der Waals surface area contributed by atoms with Gasteiger partial charge in [0.25, 0.3) is 0 Å². The van der Waals surface area contributed by atoms with Gasteiger partial charge >= 0.3 is 0 Å². The monoisotopic (exact) mass is 285 g/mol. The van der Waals surface area contributed by atoms with Gasteiger partial charge in [-0.2, -0.15) is 0 Å². The molecule has 1 aromatic rings. The van der Waals surface area contributed by atoms with E-state index < -0.39 is 0 Å². The summed E-state index contributed by atoms with van der Waals surface area (Å²) in [6, 6.07) is 2.05. The van der Waals surface area contributed by atoms with E-state index >= 15 is 0 Å². The Bertz CT molecular complexity index is 339. The maximum absolute atomic E-state index is 4.62. The molecule has 3 nitrogen and oxygen atoms in total. The first kappa shape index (κ1) is 13.4. The lowest BCUT2D eigenvalue weighted by atomic mass is 10.2. The topological polar surface area (TPSA) is 29.0 Å². The highest BCUT2D eigenvalue weighted by atomic mass is 79.9. The van der Waals surface area contributed by atoms with Crippen molar-refractivity contribution in [2.45, 2.75) is 33.6 Å². The molecule has 0 aliphatic heterocycles. The first-order valence-corrected chi connectivity index (χ1v) is 6.87. The number of halogens is 1. The first-order chi connectivity index (χ1) is 7.58. The third-order valence-electron chi connectivity index (χ3n) is 2.43. The second-order valence-electron chi connectivity index (χ2n) is 4.15. The summed E-state index contributed by atoms with van der Waals surface area (Å²) in [7, 11) is 0. The molecule has 1 aromatic heterocycles. The molecule has 0 radical (unpaired) electrons.